The molecule has 1 aromatic heterocycles. The van der Waals surface area contributed by atoms with Gasteiger partial charge < -0.3 is 15.1 Å². The Labute approximate surface area is 177 Å². The zero-order chi connectivity index (χ0) is 20.2. The van der Waals surface area contributed by atoms with E-state index in [1.54, 1.807) is 12.1 Å². The first-order valence-corrected chi connectivity index (χ1v) is 10.6. The van der Waals surface area contributed by atoms with Gasteiger partial charge in [-0.3, -0.25) is 4.79 Å². The van der Waals surface area contributed by atoms with Crippen LogP contribution in [-0.4, -0.2) is 42.0 Å². The van der Waals surface area contributed by atoms with Crippen LogP contribution in [0.25, 0.3) is 0 Å². The highest BCUT2D eigenvalue weighted by atomic mass is 35.5. The van der Waals surface area contributed by atoms with E-state index in [4.69, 9.17) is 11.6 Å². The number of nitrogens with zero attached hydrogens (tertiary/aromatic N) is 3. The Balaban J connectivity index is 1.30. The quantitative estimate of drug-likeness (QED) is 0.644. The molecule has 1 saturated heterocycles. The average Bonchev–Trinajstić information content (AvgIpc) is 3.16. The van der Waals surface area contributed by atoms with Gasteiger partial charge in [0.1, 0.15) is 5.82 Å². The molecule has 1 aliphatic rings. The van der Waals surface area contributed by atoms with E-state index in [0.29, 0.717) is 18.2 Å². The van der Waals surface area contributed by atoms with Crippen LogP contribution < -0.4 is 10.2 Å². The molecule has 1 fully saturated rings. The topological polar surface area (TPSA) is 48.5 Å². The van der Waals surface area contributed by atoms with Crippen molar-refractivity contribution in [2.24, 2.45) is 0 Å². The van der Waals surface area contributed by atoms with Crippen molar-refractivity contribution in [3.05, 3.63) is 70.4 Å². The van der Waals surface area contributed by atoms with E-state index in [1.165, 1.54) is 23.5 Å². The van der Waals surface area contributed by atoms with Crippen molar-refractivity contribution in [3.63, 3.8) is 0 Å². The minimum atomic E-state index is -0.281. The Hall–Kier alpha value is -2.64. The summed E-state index contributed by atoms with van der Waals surface area (Å²) in [5.41, 5.74) is 2.58. The predicted octanol–water partition coefficient (Wildman–Crippen LogP) is 4.57. The molecule has 0 bridgehead atoms. The van der Waals surface area contributed by atoms with E-state index < -0.39 is 0 Å². The standard InChI is InChI=1S/C21H20ClFN4OS/c22-15-2-1-3-19(12-15)26-8-10-27(11-9-26)20(28)13-18-14-29-21(25-18)24-17-6-4-16(23)5-7-17/h1-7,12,14H,8-11,13H2,(H,24,25). The predicted molar refractivity (Wildman–Crippen MR) is 116 cm³/mol. The fourth-order valence-corrected chi connectivity index (χ4v) is 4.17. The second kappa shape index (κ2) is 8.80. The lowest BCUT2D eigenvalue weighted by Crippen LogP contribution is -2.49. The highest BCUT2D eigenvalue weighted by molar-refractivity contribution is 7.13. The molecule has 29 heavy (non-hydrogen) atoms. The number of nitrogens with one attached hydrogen (secondary N) is 1. The third-order valence-electron chi connectivity index (χ3n) is 4.79. The van der Waals surface area contributed by atoms with Crippen LogP contribution in [0.3, 0.4) is 0 Å². The van der Waals surface area contributed by atoms with E-state index in [0.717, 1.165) is 35.2 Å². The molecule has 2 heterocycles. The molecule has 0 atom stereocenters. The second-order valence-corrected chi connectivity index (χ2v) is 8.09. The molecular formula is C21H20ClFN4OS. The molecule has 1 amide bonds. The van der Waals surface area contributed by atoms with Crippen molar-refractivity contribution >= 4 is 45.4 Å². The Bertz CT molecular complexity index is 986. The van der Waals surface area contributed by atoms with Crippen LogP contribution in [0, 0.1) is 5.82 Å². The number of carbonyl (C=O) groups is 1. The van der Waals surface area contributed by atoms with Crippen LogP contribution in [0.1, 0.15) is 5.69 Å². The van der Waals surface area contributed by atoms with E-state index in [-0.39, 0.29) is 18.1 Å². The Morgan fingerprint density at radius 2 is 1.90 bits per heavy atom. The number of amides is 1. The first kappa shape index (κ1) is 19.7. The fourth-order valence-electron chi connectivity index (χ4n) is 3.26. The number of aromatic nitrogens is 1. The zero-order valence-corrected chi connectivity index (χ0v) is 17.2. The van der Waals surface area contributed by atoms with Gasteiger partial charge >= 0.3 is 0 Å². The summed E-state index contributed by atoms with van der Waals surface area (Å²) in [5.74, 6) is -0.203. The van der Waals surface area contributed by atoms with Gasteiger partial charge in [-0.2, -0.15) is 0 Å². The SMILES string of the molecule is O=C(Cc1csc(Nc2ccc(F)cc2)n1)N1CCN(c2cccc(Cl)c2)CC1. The highest BCUT2D eigenvalue weighted by Crippen LogP contribution is 2.23. The van der Waals surface area contributed by atoms with Crippen molar-refractivity contribution in [2.45, 2.75) is 6.42 Å². The van der Waals surface area contributed by atoms with Gasteiger partial charge in [0.15, 0.2) is 5.13 Å². The van der Waals surface area contributed by atoms with Crippen LogP contribution in [0.4, 0.5) is 20.9 Å². The van der Waals surface area contributed by atoms with Crippen molar-refractivity contribution in [3.8, 4) is 0 Å². The molecule has 5 nitrogen and oxygen atoms in total. The summed E-state index contributed by atoms with van der Waals surface area (Å²) in [6, 6.07) is 13.9. The number of anilines is 3. The van der Waals surface area contributed by atoms with Crippen LogP contribution >= 0.6 is 22.9 Å². The van der Waals surface area contributed by atoms with Crippen molar-refractivity contribution in [2.75, 3.05) is 36.4 Å². The molecular weight excluding hydrogens is 411 g/mol. The minimum Gasteiger partial charge on any atom is -0.368 e. The summed E-state index contributed by atoms with van der Waals surface area (Å²) in [7, 11) is 0. The molecule has 3 aromatic rings. The molecule has 8 heteroatoms. The largest absolute Gasteiger partial charge is 0.368 e. The number of hydrogen-bond donors (Lipinski definition) is 1. The second-order valence-electron chi connectivity index (χ2n) is 6.80. The number of benzene rings is 2. The number of piperazine rings is 1. The van der Waals surface area contributed by atoms with E-state index in [9.17, 15) is 9.18 Å². The summed E-state index contributed by atoms with van der Waals surface area (Å²) < 4.78 is 13.0. The van der Waals surface area contributed by atoms with Crippen molar-refractivity contribution in [1.82, 2.24) is 9.88 Å². The van der Waals surface area contributed by atoms with Gasteiger partial charge in [-0.15, -0.1) is 11.3 Å². The van der Waals surface area contributed by atoms with Gasteiger partial charge in [0.25, 0.3) is 0 Å². The van der Waals surface area contributed by atoms with Gasteiger partial charge in [0, 0.05) is 48.0 Å². The number of thiazole rings is 1. The van der Waals surface area contributed by atoms with Crippen molar-refractivity contribution < 1.29 is 9.18 Å². The maximum absolute atomic E-state index is 13.0. The number of hydrogen-bond acceptors (Lipinski definition) is 5. The monoisotopic (exact) mass is 430 g/mol. The maximum Gasteiger partial charge on any atom is 0.228 e. The third kappa shape index (κ3) is 5.05. The molecule has 0 radical (unpaired) electrons. The van der Waals surface area contributed by atoms with Gasteiger partial charge in [-0.25, -0.2) is 9.37 Å². The molecule has 1 aliphatic heterocycles. The maximum atomic E-state index is 13.0. The van der Waals surface area contributed by atoms with Gasteiger partial charge in [0.2, 0.25) is 5.91 Å². The summed E-state index contributed by atoms with van der Waals surface area (Å²) in [6.07, 6.45) is 0.277. The zero-order valence-electron chi connectivity index (χ0n) is 15.6. The molecule has 150 valence electrons. The van der Waals surface area contributed by atoms with Crippen LogP contribution in [0.15, 0.2) is 53.9 Å². The summed E-state index contributed by atoms with van der Waals surface area (Å²) in [6.45, 7) is 2.91. The Morgan fingerprint density at radius 3 is 2.62 bits per heavy atom. The molecule has 2 aromatic carbocycles. The van der Waals surface area contributed by atoms with Crippen LogP contribution in [0.5, 0.6) is 0 Å². The smallest absolute Gasteiger partial charge is 0.228 e. The molecule has 0 unspecified atom stereocenters. The minimum absolute atomic E-state index is 0.0781. The first-order chi connectivity index (χ1) is 14.1. The third-order valence-corrected chi connectivity index (χ3v) is 5.83. The molecule has 1 N–H and O–H groups in total. The van der Waals surface area contributed by atoms with Crippen molar-refractivity contribution in [1.29, 1.82) is 0 Å². The number of carbonyl (C=O) groups excluding carboxylic acids is 1. The van der Waals surface area contributed by atoms with E-state index >= 15 is 0 Å². The Kier molecular flexibility index (Phi) is 5.97. The van der Waals surface area contributed by atoms with Gasteiger partial charge in [-0.05, 0) is 42.5 Å². The number of halogens is 2. The Morgan fingerprint density at radius 1 is 1.14 bits per heavy atom. The lowest BCUT2D eigenvalue weighted by atomic mass is 10.2. The van der Waals surface area contributed by atoms with Crippen LogP contribution in [0.2, 0.25) is 5.02 Å². The molecule has 0 aliphatic carbocycles. The van der Waals surface area contributed by atoms with E-state index in [1.807, 2.05) is 34.5 Å². The fraction of sp³-hybridized carbons (Fsp3) is 0.238. The highest BCUT2D eigenvalue weighted by Gasteiger charge is 2.22. The lowest BCUT2D eigenvalue weighted by Gasteiger charge is -2.36. The first-order valence-electron chi connectivity index (χ1n) is 9.32. The number of rotatable bonds is 5. The lowest BCUT2D eigenvalue weighted by molar-refractivity contribution is -0.130. The summed E-state index contributed by atoms with van der Waals surface area (Å²) in [4.78, 5) is 21.3. The summed E-state index contributed by atoms with van der Waals surface area (Å²) >= 11 is 7.50. The average molecular weight is 431 g/mol. The molecule has 0 spiro atoms. The summed E-state index contributed by atoms with van der Waals surface area (Å²) in [5, 5.41) is 6.41. The molecule has 4 rings (SSSR count). The normalized spacial score (nSPS) is 14.1. The van der Waals surface area contributed by atoms with Crippen LogP contribution in [-0.2, 0) is 11.2 Å². The van der Waals surface area contributed by atoms with Gasteiger partial charge in [0.05, 0.1) is 12.1 Å². The van der Waals surface area contributed by atoms with E-state index in [2.05, 4.69) is 15.2 Å². The molecule has 0 saturated carbocycles. The van der Waals surface area contributed by atoms with Gasteiger partial charge in [-0.1, -0.05) is 17.7 Å².